The first-order valence-corrected chi connectivity index (χ1v) is 15.3. The summed E-state index contributed by atoms with van der Waals surface area (Å²) in [5.41, 5.74) is 4.11. The van der Waals surface area contributed by atoms with Crippen molar-refractivity contribution >= 4 is 17.6 Å². The number of non-ortho nitro benzene ring substituents is 1. The Balaban J connectivity index is 1.13. The van der Waals surface area contributed by atoms with E-state index in [4.69, 9.17) is 13.9 Å². The fourth-order valence-electron chi connectivity index (χ4n) is 6.75. The fourth-order valence-corrected chi connectivity index (χ4v) is 6.75. The van der Waals surface area contributed by atoms with Crippen molar-refractivity contribution in [2.45, 2.75) is 43.9 Å². The molecule has 6 rings (SSSR count). The number of hydrogen-bond acceptors (Lipinski definition) is 10. The lowest BCUT2D eigenvalue weighted by molar-refractivity contribution is -0.384. The Morgan fingerprint density at radius 3 is 2.26 bits per heavy atom. The van der Waals surface area contributed by atoms with Crippen LogP contribution >= 0.6 is 0 Å². The van der Waals surface area contributed by atoms with E-state index < -0.39 is 22.9 Å². The van der Waals surface area contributed by atoms with Crippen LogP contribution in [0.2, 0.25) is 0 Å². The van der Waals surface area contributed by atoms with Crippen molar-refractivity contribution in [2.75, 3.05) is 26.2 Å². The summed E-state index contributed by atoms with van der Waals surface area (Å²) in [6, 6.07) is 27.5. The molecule has 11 nitrogen and oxygen atoms in total. The number of allylic oxidation sites excluding steroid dienone is 2. The van der Waals surface area contributed by atoms with E-state index >= 15 is 0 Å². The predicted molar refractivity (Wildman–Crippen MR) is 170 cm³/mol. The van der Waals surface area contributed by atoms with Crippen molar-refractivity contribution in [1.82, 2.24) is 15.1 Å². The third kappa shape index (κ3) is 6.32. The van der Waals surface area contributed by atoms with Gasteiger partial charge in [0.1, 0.15) is 12.4 Å². The Morgan fingerprint density at radius 1 is 0.978 bits per heavy atom. The summed E-state index contributed by atoms with van der Waals surface area (Å²) in [5.74, 6) is -0.810. The Labute approximate surface area is 266 Å². The molecule has 0 saturated carbocycles. The zero-order valence-corrected chi connectivity index (χ0v) is 25.7. The highest BCUT2D eigenvalue weighted by atomic mass is 16.7. The molecule has 0 spiro atoms. The molecule has 0 aliphatic carbocycles. The van der Waals surface area contributed by atoms with E-state index in [1.165, 1.54) is 29.7 Å². The summed E-state index contributed by atoms with van der Waals surface area (Å²) in [7, 11) is 0. The van der Waals surface area contributed by atoms with Crippen molar-refractivity contribution in [2.24, 2.45) is 4.99 Å². The van der Waals surface area contributed by atoms with Gasteiger partial charge in [0.15, 0.2) is 0 Å². The Morgan fingerprint density at radius 2 is 1.65 bits per heavy atom. The van der Waals surface area contributed by atoms with Gasteiger partial charge in [0.25, 0.3) is 5.69 Å². The van der Waals surface area contributed by atoms with Gasteiger partial charge >= 0.3 is 6.16 Å². The molecule has 1 saturated heterocycles. The van der Waals surface area contributed by atoms with Gasteiger partial charge in [0.2, 0.25) is 12.3 Å². The second-order valence-electron chi connectivity index (χ2n) is 11.6. The van der Waals surface area contributed by atoms with Gasteiger partial charge in [-0.05, 0) is 56.5 Å². The highest BCUT2D eigenvalue weighted by Crippen LogP contribution is 2.45. The number of likely N-dealkylation sites (tertiary alicyclic amines) is 1. The molecule has 0 N–H and O–H groups in total. The number of ether oxygens (including phenoxy) is 2. The Hall–Kier alpha value is -5.16. The van der Waals surface area contributed by atoms with Crippen LogP contribution in [-0.4, -0.2) is 58.1 Å². The predicted octanol–water partition coefficient (Wildman–Crippen LogP) is 6.79. The molecule has 4 aromatic rings. The molecule has 11 heteroatoms. The molecule has 0 radical (unpaired) electrons. The van der Waals surface area contributed by atoms with Gasteiger partial charge in [0, 0.05) is 29.8 Å². The maximum absolute atomic E-state index is 13.1. The van der Waals surface area contributed by atoms with Gasteiger partial charge < -0.3 is 13.9 Å². The van der Waals surface area contributed by atoms with Crippen LogP contribution in [-0.2, 0) is 14.9 Å². The maximum atomic E-state index is 13.1. The first-order chi connectivity index (χ1) is 22.4. The number of aromatic nitrogens is 2. The van der Waals surface area contributed by atoms with E-state index in [0.29, 0.717) is 23.5 Å². The molecule has 1 fully saturated rings. The third-order valence-corrected chi connectivity index (χ3v) is 9.03. The van der Waals surface area contributed by atoms with Crippen LogP contribution in [0.3, 0.4) is 0 Å². The van der Waals surface area contributed by atoms with Gasteiger partial charge in [-0.25, -0.2) is 4.79 Å². The minimum atomic E-state index is -0.872. The first-order valence-electron chi connectivity index (χ1n) is 15.3. The van der Waals surface area contributed by atoms with E-state index in [1.54, 1.807) is 26.0 Å². The normalized spacial score (nSPS) is 19.7. The third-order valence-electron chi connectivity index (χ3n) is 9.03. The van der Waals surface area contributed by atoms with E-state index in [-0.39, 0.29) is 29.4 Å². The molecule has 2 atom stereocenters. The van der Waals surface area contributed by atoms with Gasteiger partial charge in [-0.3, -0.25) is 20.0 Å². The molecule has 2 unspecified atom stereocenters. The summed E-state index contributed by atoms with van der Waals surface area (Å²) >= 11 is 0. The number of nitrogens with zero attached hydrogens (tertiary/aromatic N) is 5. The lowest BCUT2D eigenvalue weighted by atomic mass is 9.68. The standard InChI is InChI=1S/C35H35N5O6/c1-24-30(33-38-36-23-45-33)31(26-10-9-15-29(22-26)40(42)43)32(25(2)37-24)46-34(41)44-21-20-39-18-16-35(17-19-39,27-11-5-3-6-12-27)28-13-7-4-8-14-28/h3-15,22-23,30-31H,16-21H2,1-2H3. The molecule has 0 amide bonds. The van der Waals surface area contributed by atoms with Crippen LogP contribution < -0.4 is 0 Å². The molecule has 236 valence electrons. The number of carbonyl (C=O) groups excluding carboxylic acids is 1. The largest absolute Gasteiger partial charge is 0.513 e. The van der Waals surface area contributed by atoms with Gasteiger partial charge in [-0.15, -0.1) is 10.2 Å². The first kappa shape index (κ1) is 30.8. The summed E-state index contributed by atoms with van der Waals surface area (Å²) in [6.07, 6.45) is 2.22. The summed E-state index contributed by atoms with van der Waals surface area (Å²) in [6.45, 7) is 5.93. The monoisotopic (exact) mass is 621 g/mol. The summed E-state index contributed by atoms with van der Waals surface area (Å²) in [4.78, 5) is 31.1. The van der Waals surface area contributed by atoms with Crippen LogP contribution in [0.5, 0.6) is 0 Å². The van der Waals surface area contributed by atoms with Crippen LogP contribution in [0.25, 0.3) is 0 Å². The van der Waals surface area contributed by atoms with Gasteiger partial charge in [-0.2, -0.15) is 0 Å². The molecular formula is C35H35N5O6. The molecule has 2 aliphatic rings. The van der Waals surface area contributed by atoms with E-state index in [9.17, 15) is 14.9 Å². The zero-order chi connectivity index (χ0) is 32.1. The topological polar surface area (TPSA) is 133 Å². The number of aliphatic imine (C=N–C) groups is 1. The number of rotatable bonds is 9. The summed E-state index contributed by atoms with van der Waals surface area (Å²) in [5, 5.41) is 19.5. The Bertz CT molecular complexity index is 1690. The summed E-state index contributed by atoms with van der Waals surface area (Å²) < 4.78 is 16.9. The fraction of sp³-hybridized carbons (Fsp3) is 0.314. The Kier molecular flexibility index (Phi) is 9.02. The smallest absolute Gasteiger partial charge is 0.433 e. The van der Waals surface area contributed by atoms with Crippen LogP contribution in [0.1, 0.15) is 61.1 Å². The van der Waals surface area contributed by atoms with E-state index in [2.05, 4.69) is 68.6 Å². The van der Waals surface area contributed by atoms with E-state index in [1.807, 2.05) is 12.1 Å². The second-order valence-corrected chi connectivity index (χ2v) is 11.6. The second kappa shape index (κ2) is 13.5. The average Bonchev–Trinajstić information content (AvgIpc) is 3.62. The number of benzene rings is 3. The van der Waals surface area contributed by atoms with Crippen LogP contribution in [0, 0.1) is 10.1 Å². The highest BCUT2D eigenvalue weighted by Gasteiger charge is 2.41. The number of nitro benzene ring substituents is 1. The van der Waals surface area contributed by atoms with Crippen molar-refractivity contribution in [3.05, 3.63) is 135 Å². The van der Waals surface area contributed by atoms with Crippen LogP contribution in [0.4, 0.5) is 10.5 Å². The SMILES string of the molecule is CC1=NC(C)=C(OC(=O)OCCN2CCC(c3ccccc3)(c3ccccc3)CC2)C(c2cccc([N+](=O)[O-])c2)C1c1nnco1. The maximum Gasteiger partial charge on any atom is 0.513 e. The van der Waals surface area contributed by atoms with Crippen molar-refractivity contribution in [3.63, 3.8) is 0 Å². The van der Waals surface area contributed by atoms with Gasteiger partial charge in [-0.1, -0.05) is 72.8 Å². The van der Waals surface area contributed by atoms with Gasteiger partial charge in [0.05, 0.1) is 22.5 Å². The number of nitro groups is 1. The molecule has 3 heterocycles. The van der Waals surface area contributed by atoms with Crippen molar-refractivity contribution in [3.8, 4) is 0 Å². The number of piperidine rings is 1. The van der Waals surface area contributed by atoms with Crippen molar-refractivity contribution < 1.29 is 23.6 Å². The average molecular weight is 622 g/mol. The molecule has 3 aromatic carbocycles. The van der Waals surface area contributed by atoms with Crippen molar-refractivity contribution in [1.29, 1.82) is 0 Å². The molecular weight excluding hydrogens is 586 g/mol. The number of carbonyl (C=O) groups is 1. The molecule has 1 aromatic heterocycles. The molecule has 46 heavy (non-hydrogen) atoms. The number of hydrogen-bond donors (Lipinski definition) is 0. The lowest BCUT2D eigenvalue weighted by Crippen LogP contribution is -2.44. The molecule has 0 bridgehead atoms. The zero-order valence-electron chi connectivity index (χ0n) is 25.7. The highest BCUT2D eigenvalue weighted by molar-refractivity contribution is 5.91. The molecule has 2 aliphatic heterocycles. The van der Waals surface area contributed by atoms with E-state index in [0.717, 1.165) is 25.9 Å². The van der Waals surface area contributed by atoms with Crippen LogP contribution in [0.15, 0.2) is 112 Å². The quantitative estimate of drug-likeness (QED) is 0.113. The minimum absolute atomic E-state index is 0.0706. The lowest BCUT2D eigenvalue weighted by Gasteiger charge is -2.43. The minimum Gasteiger partial charge on any atom is -0.433 e.